The first-order valence-electron chi connectivity index (χ1n) is 3.35. The van der Waals surface area contributed by atoms with Crippen LogP contribution in [0.3, 0.4) is 0 Å². The fourth-order valence-electron chi connectivity index (χ4n) is 1.22. The summed E-state index contributed by atoms with van der Waals surface area (Å²) in [6, 6.07) is 0. The normalized spacial score (nSPS) is 35.0. The van der Waals surface area contributed by atoms with Crippen molar-refractivity contribution in [1.29, 1.82) is 0 Å². The predicted molar refractivity (Wildman–Crippen MR) is 37.1 cm³/mol. The summed E-state index contributed by atoms with van der Waals surface area (Å²) in [7, 11) is 0. The summed E-state index contributed by atoms with van der Waals surface area (Å²) in [6.07, 6.45) is 2.05. The van der Waals surface area contributed by atoms with Gasteiger partial charge in [-0.3, -0.25) is 4.79 Å². The molecule has 50 valence electrons. The first kappa shape index (κ1) is 6.53. The minimum Gasteiger partial charge on any atom is -0.294 e. The first-order valence-corrected chi connectivity index (χ1v) is 3.35. The Hall–Kier alpha value is -0.590. The topological polar surface area (TPSA) is 17.1 Å². The quantitative estimate of drug-likeness (QED) is 0.481. The van der Waals surface area contributed by atoms with Gasteiger partial charge in [-0.25, -0.2) is 0 Å². The molecule has 2 atom stereocenters. The molecule has 0 aromatic carbocycles. The third-order valence-corrected chi connectivity index (χ3v) is 2.10. The van der Waals surface area contributed by atoms with E-state index in [9.17, 15) is 4.79 Å². The van der Waals surface area contributed by atoms with Gasteiger partial charge in [0.1, 0.15) is 0 Å². The van der Waals surface area contributed by atoms with Crippen LogP contribution in [0.4, 0.5) is 0 Å². The van der Waals surface area contributed by atoms with Gasteiger partial charge >= 0.3 is 0 Å². The molecule has 0 saturated heterocycles. The lowest BCUT2D eigenvalue weighted by Crippen LogP contribution is -2.09. The minimum absolute atomic E-state index is 0.227. The smallest absolute Gasteiger partial charge is 0.161 e. The highest BCUT2D eigenvalue weighted by Gasteiger charge is 2.25. The van der Waals surface area contributed by atoms with Gasteiger partial charge in [-0.05, 0) is 18.4 Å². The van der Waals surface area contributed by atoms with E-state index in [-0.39, 0.29) is 5.92 Å². The molecule has 1 aliphatic rings. The molecule has 2 unspecified atom stereocenters. The molecule has 0 aromatic heterocycles. The van der Waals surface area contributed by atoms with Crippen LogP contribution in [0.15, 0.2) is 11.6 Å². The monoisotopic (exact) mass is 124 g/mol. The standard InChI is InChI=1S/C8H12O/c1-5-4-6(2)8(9)7(5)3/h4-5,7H,1-3H3. The van der Waals surface area contributed by atoms with Crippen LogP contribution in [-0.4, -0.2) is 5.78 Å². The van der Waals surface area contributed by atoms with E-state index >= 15 is 0 Å². The molecule has 0 fully saturated rings. The van der Waals surface area contributed by atoms with Crippen molar-refractivity contribution >= 4 is 5.78 Å². The summed E-state index contributed by atoms with van der Waals surface area (Å²) in [6.45, 7) is 5.96. The second-order valence-corrected chi connectivity index (χ2v) is 2.86. The van der Waals surface area contributed by atoms with Crippen molar-refractivity contribution in [3.05, 3.63) is 11.6 Å². The Morgan fingerprint density at radius 1 is 1.44 bits per heavy atom. The van der Waals surface area contributed by atoms with Crippen LogP contribution in [0.1, 0.15) is 20.8 Å². The van der Waals surface area contributed by atoms with Crippen molar-refractivity contribution in [2.75, 3.05) is 0 Å². The van der Waals surface area contributed by atoms with Crippen molar-refractivity contribution in [1.82, 2.24) is 0 Å². The molecule has 1 rings (SSSR count). The van der Waals surface area contributed by atoms with Crippen molar-refractivity contribution in [3.63, 3.8) is 0 Å². The molecule has 0 radical (unpaired) electrons. The van der Waals surface area contributed by atoms with Gasteiger partial charge in [-0.2, -0.15) is 0 Å². The Balaban J connectivity index is 2.82. The number of Topliss-reactive ketones (excluding diaryl/α,β-unsaturated/α-hetero) is 1. The van der Waals surface area contributed by atoms with Crippen LogP contribution < -0.4 is 0 Å². The van der Waals surface area contributed by atoms with E-state index < -0.39 is 0 Å². The summed E-state index contributed by atoms with van der Waals surface area (Å²) < 4.78 is 0. The summed E-state index contributed by atoms with van der Waals surface area (Å²) in [5.74, 6) is 1.00. The number of hydrogen-bond acceptors (Lipinski definition) is 1. The van der Waals surface area contributed by atoms with Crippen molar-refractivity contribution in [3.8, 4) is 0 Å². The molecule has 0 bridgehead atoms. The molecule has 9 heavy (non-hydrogen) atoms. The molecule has 0 aromatic rings. The number of carbonyl (C=O) groups is 1. The van der Waals surface area contributed by atoms with Gasteiger partial charge in [0, 0.05) is 5.92 Å². The van der Waals surface area contributed by atoms with Crippen LogP contribution in [0.5, 0.6) is 0 Å². The Morgan fingerprint density at radius 2 is 2.00 bits per heavy atom. The summed E-state index contributed by atoms with van der Waals surface area (Å²) in [4.78, 5) is 11.0. The van der Waals surface area contributed by atoms with E-state index in [1.54, 1.807) is 0 Å². The molecule has 0 amide bonds. The molecule has 0 N–H and O–H groups in total. The number of rotatable bonds is 0. The Morgan fingerprint density at radius 3 is 2.11 bits per heavy atom. The molecule has 0 spiro atoms. The van der Waals surface area contributed by atoms with Gasteiger partial charge in [0.2, 0.25) is 0 Å². The van der Waals surface area contributed by atoms with Crippen LogP contribution in [-0.2, 0) is 4.79 Å². The number of ketones is 1. The van der Waals surface area contributed by atoms with Gasteiger partial charge in [-0.15, -0.1) is 0 Å². The van der Waals surface area contributed by atoms with Crippen LogP contribution >= 0.6 is 0 Å². The van der Waals surface area contributed by atoms with E-state index in [2.05, 4.69) is 6.92 Å². The number of carbonyl (C=O) groups excluding carboxylic acids is 1. The number of hydrogen-bond donors (Lipinski definition) is 0. The highest BCUT2D eigenvalue weighted by Crippen LogP contribution is 2.25. The number of allylic oxidation sites excluding steroid dienone is 2. The summed E-state index contributed by atoms with van der Waals surface area (Å²) in [5, 5.41) is 0. The average Bonchev–Trinajstić information content (AvgIpc) is 1.98. The van der Waals surface area contributed by atoms with E-state index in [1.807, 2.05) is 19.9 Å². The van der Waals surface area contributed by atoms with Crippen molar-refractivity contribution in [2.45, 2.75) is 20.8 Å². The lowest BCUT2D eigenvalue weighted by atomic mass is 9.99. The highest BCUT2D eigenvalue weighted by molar-refractivity contribution is 5.99. The molecule has 0 heterocycles. The Kier molecular flexibility index (Phi) is 1.43. The lowest BCUT2D eigenvalue weighted by molar-refractivity contribution is -0.118. The molecule has 1 aliphatic carbocycles. The fourth-order valence-corrected chi connectivity index (χ4v) is 1.22. The molecule has 1 nitrogen and oxygen atoms in total. The van der Waals surface area contributed by atoms with Crippen molar-refractivity contribution < 1.29 is 4.79 Å². The van der Waals surface area contributed by atoms with Gasteiger partial charge in [0.25, 0.3) is 0 Å². The predicted octanol–water partition coefficient (Wildman–Crippen LogP) is 1.79. The molecule has 0 saturated carbocycles. The second kappa shape index (κ2) is 1.98. The SMILES string of the molecule is CC1=CC(C)C(C)C1=O. The summed E-state index contributed by atoms with van der Waals surface area (Å²) >= 11 is 0. The zero-order chi connectivity index (χ0) is 7.02. The van der Waals surface area contributed by atoms with Gasteiger partial charge in [0.15, 0.2) is 5.78 Å². The van der Waals surface area contributed by atoms with E-state index in [0.29, 0.717) is 11.7 Å². The largest absolute Gasteiger partial charge is 0.294 e. The third-order valence-electron chi connectivity index (χ3n) is 2.10. The minimum atomic E-state index is 0.227. The molecule has 0 aliphatic heterocycles. The van der Waals surface area contributed by atoms with Crippen LogP contribution in [0.2, 0.25) is 0 Å². The summed E-state index contributed by atoms with van der Waals surface area (Å²) in [5.41, 5.74) is 0.940. The Labute approximate surface area is 55.8 Å². The lowest BCUT2D eigenvalue weighted by Gasteiger charge is -2.04. The molecule has 1 heteroatoms. The first-order chi connectivity index (χ1) is 4.13. The maximum Gasteiger partial charge on any atom is 0.161 e. The zero-order valence-corrected chi connectivity index (χ0v) is 6.14. The highest BCUT2D eigenvalue weighted by atomic mass is 16.1. The fraction of sp³-hybridized carbons (Fsp3) is 0.625. The van der Waals surface area contributed by atoms with Crippen LogP contribution in [0, 0.1) is 11.8 Å². The molecular weight excluding hydrogens is 112 g/mol. The average molecular weight is 124 g/mol. The van der Waals surface area contributed by atoms with Crippen molar-refractivity contribution in [2.24, 2.45) is 11.8 Å². The third kappa shape index (κ3) is 0.913. The van der Waals surface area contributed by atoms with E-state index in [4.69, 9.17) is 0 Å². The maximum absolute atomic E-state index is 11.0. The van der Waals surface area contributed by atoms with E-state index in [0.717, 1.165) is 5.57 Å². The van der Waals surface area contributed by atoms with Gasteiger partial charge in [-0.1, -0.05) is 19.9 Å². The van der Waals surface area contributed by atoms with Gasteiger partial charge < -0.3 is 0 Å². The maximum atomic E-state index is 11.0. The Bertz CT molecular complexity index is 167. The molecular formula is C8H12O. The zero-order valence-electron chi connectivity index (χ0n) is 6.14. The van der Waals surface area contributed by atoms with Gasteiger partial charge in [0.05, 0.1) is 0 Å². The van der Waals surface area contributed by atoms with E-state index in [1.165, 1.54) is 0 Å². The van der Waals surface area contributed by atoms with Crippen LogP contribution in [0.25, 0.3) is 0 Å². The second-order valence-electron chi connectivity index (χ2n) is 2.86.